The molecule has 1 amide bonds. The molecule has 0 bridgehead atoms. The highest BCUT2D eigenvalue weighted by molar-refractivity contribution is 5.81. The fourth-order valence-electron chi connectivity index (χ4n) is 4.12. The minimum atomic E-state index is -0.693. The molecule has 1 saturated heterocycles. The van der Waals surface area contributed by atoms with Gasteiger partial charge in [-0.25, -0.2) is 14.4 Å². The lowest BCUT2D eigenvalue weighted by atomic mass is 10.0. The van der Waals surface area contributed by atoms with E-state index in [2.05, 4.69) is 20.4 Å². The average molecular weight is 436 g/mol. The van der Waals surface area contributed by atoms with Crippen LogP contribution in [0.4, 0.5) is 16.0 Å². The van der Waals surface area contributed by atoms with E-state index in [1.807, 2.05) is 22.7 Å². The van der Waals surface area contributed by atoms with Gasteiger partial charge in [0.2, 0.25) is 11.9 Å². The van der Waals surface area contributed by atoms with Crippen LogP contribution in [0.15, 0.2) is 36.8 Å². The number of nitrogens with zero attached hydrogens (tertiary/aromatic N) is 5. The summed E-state index contributed by atoms with van der Waals surface area (Å²) < 4.78 is 15.7. The molecule has 32 heavy (non-hydrogen) atoms. The molecular weight excluding hydrogens is 411 g/mol. The van der Waals surface area contributed by atoms with E-state index >= 15 is 0 Å². The van der Waals surface area contributed by atoms with E-state index in [1.54, 1.807) is 18.5 Å². The summed E-state index contributed by atoms with van der Waals surface area (Å²) in [5.41, 5.74) is 2.70. The van der Waals surface area contributed by atoms with E-state index in [9.17, 15) is 14.3 Å². The molecule has 2 N–H and O–H groups in total. The van der Waals surface area contributed by atoms with Gasteiger partial charge in [0.1, 0.15) is 0 Å². The number of aromatic hydroxyl groups is 1. The van der Waals surface area contributed by atoms with Gasteiger partial charge in [-0.05, 0) is 56.4 Å². The molecule has 1 saturated carbocycles. The molecule has 2 fully saturated rings. The van der Waals surface area contributed by atoms with E-state index in [1.165, 1.54) is 12.1 Å². The first-order chi connectivity index (χ1) is 15.5. The summed E-state index contributed by atoms with van der Waals surface area (Å²) in [4.78, 5) is 23.1. The van der Waals surface area contributed by atoms with Gasteiger partial charge >= 0.3 is 0 Å². The van der Waals surface area contributed by atoms with Gasteiger partial charge in [0, 0.05) is 37.0 Å². The first-order valence-electron chi connectivity index (χ1n) is 10.9. The molecule has 9 heteroatoms. The molecule has 166 valence electrons. The van der Waals surface area contributed by atoms with Gasteiger partial charge in [-0.3, -0.25) is 9.48 Å². The summed E-state index contributed by atoms with van der Waals surface area (Å²) in [5.74, 6) is -0.129. The quantitative estimate of drug-likeness (QED) is 0.631. The number of rotatable bonds is 5. The second-order valence-corrected chi connectivity index (χ2v) is 8.56. The number of phenols is 1. The third-order valence-electron chi connectivity index (χ3n) is 6.13. The van der Waals surface area contributed by atoms with Gasteiger partial charge in [-0.2, -0.15) is 5.10 Å². The Balaban J connectivity index is 1.26. The predicted octanol–water partition coefficient (Wildman–Crippen LogP) is 3.81. The van der Waals surface area contributed by atoms with Crippen LogP contribution in [0.2, 0.25) is 0 Å². The van der Waals surface area contributed by atoms with Crippen LogP contribution in [0.5, 0.6) is 5.75 Å². The van der Waals surface area contributed by atoms with Gasteiger partial charge in [-0.15, -0.1) is 0 Å². The lowest BCUT2D eigenvalue weighted by molar-refractivity contribution is -0.133. The number of hydrogen-bond acceptors (Lipinski definition) is 6. The lowest BCUT2D eigenvalue weighted by Crippen LogP contribution is -2.39. The van der Waals surface area contributed by atoms with Crippen LogP contribution in [0.1, 0.15) is 37.3 Å². The fraction of sp³-hybridized carbons (Fsp3) is 0.391. The van der Waals surface area contributed by atoms with Crippen LogP contribution in [0.3, 0.4) is 0 Å². The van der Waals surface area contributed by atoms with E-state index in [0.29, 0.717) is 23.1 Å². The SMILES string of the molecule is Cc1cnc(Nc2cnn(C3CCN(C(=O)C4CC4)CC3)c2)nc1-c1ccc(O)c(F)c1. The average Bonchev–Trinajstić information content (AvgIpc) is 3.55. The Kier molecular flexibility index (Phi) is 5.24. The number of nitrogens with one attached hydrogen (secondary N) is 1. The van der Waals surface area contributed by atoms with Crippen molar-refractivity contribution in [2.24, 2.45) is 5.92 Å². The third-order valence-corrected chi connectivity index (χ3v) is 6.13. The molecule has 3 heterocycles. The minimum absolute atomic E-state index is 0.253. The Morgan fingerprint density at radius 3 is 2.69 bits per heavy atom. The minimum Gasteiger partial charge on any atom is -0.505 e. The van der Waals surface area contributed by atoms with E-state index in [4.69, 9.17) is 0 Å². The van der Waals surface area contributed by atoms with Crippen molar-refractivity contribution >= 4 is 17.5 Å². The molecule has 0 radical (unpaired) electrons. The van der Waals surface area contributed by atoms with Crippen LogP contribution in [-0.4, -0.2) is 48.8 Å². The van der Waals surface area contributed by atoms with Crippen LogP contribution in [0, 0.1) is 18.7 Å². The molecule has 1 aromatic carbocycles. The Bertz CT molecular complexity index is 1150. The largest absolute Gasteiger partial charge is 0.505 e. The zero-order valence-corrected chi connectivity index (χ0v) is 17.8. The number of amides is 1. The Hall–Kier alpha value is -3.49. The molecule has 0 unspecified atom stereocenters. The predicted molar refractivity (Wildman–Crippen MR) is 117 cm³/mol. The second-order valence-electron chi connectivity index (χ2n) is 8.56. The topological polar surface area (TPSA) is 96.2 Å². The standard InChI is InChI=1S/C23H25FN6O2/c1-14-11-25-23(28-21(14)16-4-5-20(31)19(24)10-16)27-17-12-26-30(13-17)18-6-8-29(9-7-18)22(32)15-2-3-15/h4-5,10-13,15,18,31H,2-3,6-9H2,1H3,(H,25,27,28). The number of benzene rings is 1. The van der Waals surface area contributed by atoms with Crippen molar-refractivity contribution in [3.8, 4) is 17.0 Å². The van der Waals surface area contributed by atoms with E-state index < -0.39 is 11.6 Å². The van der Waals surface area contributed by atoms with Crippen molar-refractivity contribution in [2.45, 2.75) is 38.6 Å². The van der Waals surface area contributed by atoms with Crippen LogP contribution in [-0.2, 0) is 4.79 Å². The number of piperidine rings is 1. The van der Waals surface area contributed by atoms with Crippen LogP contribution in [0.25, 0.3) is 11.3 Å². The normalized spacial score (nSPS) is 16.9. The van der Waals surface area contributed by atoms with Gasteiger partial charge in [0.25, 0.3) is 0 Å². The Labute approximate surface area is 185 Å². The number of carbonyl (C=O) groups is 1. The molecule has 2 aromatic heterocycles. The van der Waals surface area contributed by atoms with Crippen LogP contribution < -0.4 is 5.32 Å². The van der Waals surface area contributed by atoms with Gasteiger partial charge in [-0.1, -0.05) is 0 Å². The zero-order chi connectivity index (χ0) is 22.2. The van der Waals surface area contributed by atoms with Gasteiger partial charge in [0.05, 0.1) is 23.6 Å². The highest BCUT2D eigenvalue weighted by Crippen LogP contribution is 2.33. The summed E-state index contributed by atoms with van der Waals surface area (Å²) in [5, 5.41) is 17.1. The Morgan fingerprint density at radius 1 is 1.19 bits per heavy atom. The number of carbonyl (C=O) groups excluding carboxylic acids is 1. The number of aromatic nitrogens is 4. The molecule has 5 rings (SSSR count). The summed E-state index contributed by atoms with van der Waals surface area (Å²) in [6.07, 6.45) is 9.17. The summed E-state index contributed by atoms with van der Waals surface area (Å²) >= 11 is 0. The van der Waals surface area contributed by atoms with E-state index in [-0.39, 0.29) is 12.0 Å². The monoisotopic (exact) mass is 436 g/mol. The molecule has 1 aliphatic heterocycles. The molecule has 3 aromatic rings. The third kappa shape index (κ3) is 4.15. The number of aryl methyl sites for hydroxylation is 1. The van der Waals surface area contributed by atoms with Crippen molar-refractivity contribution in [1.29, 1.82) is 0 Å². The number of anilines is 2. The van der Waals surface area contributed by atoms with Crippen LogP contribution >= 0.6 is 0 Å². The molecule has 8 nitrogen and oxygen atoms in total. The number of likely N-dealkylation sites (tertiary alicyclic amines) is 1. The van der Waals surface area contributed by atoms with Gasteiger partial charge in [0.15, 0.2) is 11.6 Å². The molecular formula is C23H25FN6O2. The number of halogens is 1. The van der Waals surface area contributed by atoms with Crippen molar-refractivity contribution in [3.05, 3.63) is 48.2 Å². The smallest absolute Gasteiger partial charge is 0.227 e. The summed E-state index contributed by atoms with van der Waals surface area (Å²) in [6.45, 7) is 3.40. The Morgan fingerprint density at radius 2 is 1.97 bits per heavy atom. The summed E-state index contributed by atoms with van der Waals surface area (Å²) in [7, 11) is 0. The van der Waals surface area contributed by atoms with Gasteiger partial charge < -0.3 is 15.3 Å². The zero-order valence-electron chi connectivity index (χ0n) is 17.8. The lowest BCUT2D eigenvalue weighted by Gasteiger charge is -2.32. The van der Waals surface area contributed by atoms with Crippen molar-refractivity contribution < 1.29 is 14.3 Å². The molecule has 0 spiro atoms. The number of hydrogen-bond donors (Lipinski definition) is 2. The highest BCUT2D eigenvalue weighted by atomic mass is 19.1. The first-order valence-corrected chi connectivity index (χ1v) is 10.9. The molecule has 2 aliphatic rings. The molecule has 1 aliphatic carbocycles. The number of phenolic OH excluding ortho intramolecular Hbond substituents is 1. The molecule has 0 atom stereocenters. The maximum Gasteiger partial charge on any atom is 0.227 e. The first kappa shape index (κ1) is 20.4. The van der Waals surface area contributed by atoms with E-state index in [0.717, 1.165) is 50.0 Å². The maximum absolute atomic E-state index is 13.8. The fourth-order valence-corrected chi connectivity index (χ4v) is 4.12. The van der Waals surface area contributed by atoms with Crippen molar-refractivity contribution in [1.82, 2.24) is 24.6 Å². The highest BCUT2D eigenvalue weighted by Gasteiger charge is 2.35. The maximum atomic E-state index is 13.8. The second kappa shape index (κ2) is 8.22. The summed E-state index contributed by atoms with van der Waals surface area (Å²) in [6, 6.07) is 4.44. The van der Waals surface area contributed by atoms with Crippen molar-refractivity contribution in [2.75, 3.05) is 18.4 Å². The van der Waals surface area contributed by atoms with Crippen molar-refractivity contribution in [3.63, 3.8) is 0 Å².